The molecule has 2 saturated heterocycles. The van der Waals surface area contributed by atoms with Crippen molar-refractivity contribution in [3.05, 3.63) is 40.3 Å². The number of rotatable bonds is 5. The minimum atomic E-state index is -0.454. The summed E-state index contributed by atoms with van der Waals surface area (Å²) in [7, 11) is 0. The van der Waals surface area contributed by atoms with E-state index in [0.29, 0.717) is 23.8 Å². The molecule has 1 atom stereocenters. The summed E-state index contributed by atoms with van der Waals surface area (Å²) in [5, 5.41) is 14.9. The molecular formula is C18H21N5O4S. The fraction of sp³-hybridized carbons (Fsp3) is 0.500. The third-order valence-electron chi connectivity index (χ3n) is 5.09. The summed E-state index contributed by atoms with van der Waals surface area (Å²) in [5.74, 6) is 2.91. The SMILES string of the molecule is O=C(C1CCCN1Cc1nc(-c2cccc([N+](=O)[O-])c2)no1)N1CCSCC1. The van der Waals surface area contributed by atoms with Gasteiger partial charge in [0.15, 0.2) is 0 Å². The number of carbonyl (C=O) groups excluding carboxylic acids is 1. The van der Waals surface area contributed by atoms with Crippen molar-refractivity contribution >= 4 is 23.4 Å². The molecule has 0 saturated carbocycles. The molecule has 2 aliphatic heterocycles. The van der Waals surface area contributed by atoms with E-state index in [-0.39, 0.29) is 17.6 Å². The van der Waals surface area contributed by atoms with Crippen LogP contribution in [0.15, 0.2) is 28.8 Å². The highest BCUT2D eigenvalue weighted by Crippen LogP contribution is 2.25. The van der Waals surface area contributed by atoms with Crippen molar-refractivity contribution in [1.82, 2.24) is 19.9 Å². The second-order valence-corrected chi connectivity index (χ2v) is 8.11. The number of nitro benzene ring substituents is 1. The Morgan fingerprint density at radius 2 is 2.14 bits per heavy atom. The zero-order valence-electron chi connectivity index (χ0n) is 15.3. The lowest BCUT2D eigenvalue weighted by Crippen LogP contribution is -2.48. The lowest BCUT2D eigenvalue weighted by molar-refractivity contribution is -0.384. The lowest BCUT2D eigenvalue weighted by Gasteiger charge is -2.31. The molecule has 10 heteroatoms. The van der Waals surface area contributed by atoms with Gasteiger partial charge < -0.3 is 9.42 Å². The van der Waals surface area contributed by atoms with Gasteiger partial charge in [0.25, 0.3) is 5.69 Å². The Balaban J connectivity index is 1.45. The Hall–Kier alpha value is -2.46. The van der Waals surface area contributed by atoms with E-state index >= 15 is 0 Å². The third-order valence-corrected chi connectivity index (χ3v) is 6.04. The molecule has 0 radical (unpaired) electrons. The highest BCUT2D eigenvalue weighted by molar-refractivity contribution is 7.99. The first-order chi connectivity index (χ1) is 13.6. The zero-order valence-corrected chi connectivity index (χ0v) is 16.1. The maximum Gasteiger partial charge on any atom is 0.270 e. The summed E-state index contributed by atoms with van der Waals surface area (Å²) in [5.41, 5.74) is 0.512. The number of benzene rings is 1. The third kappa shape index (κ3) is 4.02. The fourth-order valence-corrected chi connectivity index (χ4v) is 4.56. The Kier molecular flexibility index (Phi) is 5.58. The molecule has 2 aliphatic rings. The van der Waals surface area contributed by atoms with Crippen LogP contribution in [-0.2, 0) is 11.3 Å². The Morgan fingerprint density at radius 1 is 1.32 bits per heavy atom. The van der Waals surface area contributed by atoms with Crippen LogP contribution in [0.2, 0.25) is 0 Å². The number of carbonyl (C=O) groups is 1. The Morgan fingerprint density at radius 3 is 2.93 bits per heavy atom. The van der Waals surface area contributed by atoms with Gasteiger partial charge in [0.2, 0.25) is 17.6 Å². The quantitative estimate of drug-likeness (QED) is 0.552. The van der Waals surface area contributed by atoms with Crippen molar-refractivity contribution in [2.75, 3.05) is 31.1 Å². The number of aromatic nitrogens is 2. The summed E-state index contributed by atoms with van der Waals surface area (Å²) in [6, 6.07) is 6.00. The molecule has 3 heterocycles. The summed E-state index contributed by atoms with van der Waals surface area (Å²) < 4.78 is 5.35. The molecular weight excluding hydrogens is 382 g/mol. The molecule has 0 aliphatic carbocycles. The monoisotopic (exact) mass is 403 g/mol. The molecule has 0 bridgehead atoms. The van der Waals surface area contributed by atoms with Gasteiger partial charge in [0.05, 0.1) is 17.5 Å². The summed E-state index contributed by atoms with van der Waals surface area (Å²) >= 11 is 1.88. The minimum Gasteiger partial charge on any atom is -0.340 e. The van der Waals surface area contributed by atoms with Gasteiger partial charge in [-0.3, -0.25) is 19.8 Å². The molecule has 9 nitrogen and oxygen atoms in total. The van der Waals surface area contributed by atoms with Gasteiger partial charge in [-0.05, 0) is 19.4 Å². The van der Waals surface area contributed by atoms with Crippen LogP contribution in [-0.4, -0.2) is 68.0 Å². The van der Waals surface area contributed by atoms with Crippen LogP contribution in [0.4, 0.5) is 5.69 Å². The van der Waals surface area contributed by atoms with Gasteiger partial charge >= 0.3 is 0 Å². The standard InChI is InChI=1S/C18H21N5O4S/c24-18(21-7-9-28-10-8-21)15-5-2-6-22(15)12-16-19-17(20-27-16)13-3-1-4-14(11-13)23(25)26/h1,3-4,11,15H,2,5-10,12H2. The van der Waals surface area contributed by atoms with Gasteiger partial charge in [-0.25, -0.2) is 0 Å². The molecule has 1 amide bonds. The van der Waals surface area contributed by atoms with Crippen LogP contribution in [0.5, 0.6) is 0 Å². The van der Waals surface area contributed by atoms with Crippen molar-refractivity contribution in [3.8, 4) is 11.4 Å². The van der Waals surface area contributed by atoms with Crippen molar-refractivity contribution in [2.45, 2.75) is 25.4 Å². The topological polar surface area (TPSA) is 106 Å². The van der Waals surface area contributed by atoms with E-state index < -0.39 is 4.92 Å². The first kappa shape index (κ1) is 18.9. The van der Waals surface area contributed by atoms with Crippen LogP contribution in [0, 0.1) is 10.1 Å². The molecule has 1 aromatic carbocycles. The summed E-state index contributed by atoms with van der Waals surface area (Å²) in [4.78, 5) is 31.8. The van der Waals surface area contributed by atoms with Gasteiger partial charge in [-0.1, -0.05) is 17.3 Å². The van der Waals surface area contributed by atoms with Gasteiger partial charge in [0, 0.05) is 42.3 Å². The van der Waals surface area contributed by atoms with Gasteiger partial charge in [0.1, 0.15) is 0 Å². The lowest BCUT2D eigenvalue weighted by atomic mass is 10.2. The van der Waals surface area contributed by atoms with E-state index in [4.69, 9.17) is 4.52 Å². The molecule has 2 aromatic rings. The highest BCUT2D eigenvalue weighted by atomic mass is 32.2. The largest absolute Gasteiger partial charge is 0.340 e. The van der Waals surface area contributed by atoms with Crippen molar-refractivity contribution in [1.29, 1.82) is 0 Å². The van der Waals surface area contributed by atoms with Crippen molar-refractivity contribution in [2.24, 2.45) is 0 Å². The van der Waals surface area contributed by atoms with Gasteiger partial charge in [-0.2, -0.15) is 16.7 Å². The van der Waals surface area contributed by atoms with Crippen molar-refractivity contribution in [3.63, 3.8) is 0 Å². The highest BCUT2D eigenvalue weighted by Gasteiger charge is 2.35. The van der Waals surface area contributed by atoms with Crippen LogP contribution < -0.4 is 0 Å². The molecule has 0 N–H and O–H groups in total. The van der Waals surface area contributed by atoms with Gasteiger partial charge in [-0.15, -0.1) is 0 Å². The van der Waals surface area contributed by atoms with E-state index in [9.17, 15) is 14.9 Å². The van der Waals surface area contributed by atoms with Crippen molar-refractivity contribution < 1.29 is 14.2 Å². The van der Waals surface area contributed by atoms with Crippen LogP contribution in [0.3, 0.4) is 0 Å². The summed E-state index contributed by atoms with van der Waals surface area (Å²) in [6.07, 6.45) is 1.80. The van der Waals surface area contributed by atoms with E-state index in [1.54, 1.807) is 12.1 Å². The van der Waals surface area contributed by atoms with E-state index in [2.05, 4.69) is 15.0 Å². The maximum atomic E-state index is 12.9. The number of thioether (sulfide) groups is 1. The second-order valence-electron chi connectivity index (χ2n) is 6.89. The van der Waals surface area contributed by atoms with Crippen LogP contribution in [0.25, 0.3) is 11.4 Å². The molecule has 0 spiro atoms. The molecule has 148 valence electrons. The maximum absolute atomic E-state index is 12.9. The molecule has 4 rings (SSSR count). The first-order valence-electron chi connectivity index (χ1n) is 9.30. The van der Waals surface area contributed by atoms with Crippen LogP contribution in [0.1, 0.15) is 18.7 Å². The zero-order chi connectivity index (χ0) is 19.5. The number of likely N-dealkylation sites (tertiary alicyclic amines) is 1. The fourth-order valence-electron chi connectivity index (χ4n) is 3.66. The minimum absolute atomic E-state index is 0.0197. The van der Waals surface area contributed by atoms with Crippen LogP contribution >= 0.6 is 11.8 Å². The number of non-ortho nitro benzene ring substituents is 1. The molecule has 1 aromatic heterocycles. The predicted octanol–water partition coefficient (Wildman–Crippen LogP) is 2.18. The van der Waals surface area contributed by atoms with E-state index in [1.165, 1.54) is 12.1 Å². The second kappa shape index (κ2) is 8.27. The normalized spacial score (nSPS) is 20.4. The molecule has 1 unspecified atom stereocenters. The number of nitro groups is 1. The number of hydrogen-bond donors (Lipinski definition) is 0. The smallest absolute Gasteiger partial charge is 0.270 e. The van der Waals surface area contributed by atoms with E-state index in [1.807, 2.05) is 16.7 Å². The Labute approximate surface area is 166 Å². The number of nitrogens with zero attached hydrogens (tertiary/aromatic N) is 5. The number of amides is 1. The summed E-state index contributed by atoms with van der Waals surface area (Å²) in [6.45, 7) is 2.84. The Bertz CT molecular complexity index is 867. The van der Waals surface area contributed by atoms with E-state index in [0.717, 1.165) is 44.0 Å². The first-order valence-corrected chi connectivity index (χ1v) is 10.5. The molecule has 28 heavy (non-hydrogen) atoms. The average molecular weight is 403 g/mol. The molecule has 2 fully saturated rings. The average Bonchev–Trinajstić information content (AvgIpc) is 3.38. The predicted molar refractivity (Wildman–Crippen MR) is 104 cm³/mol. The number of hydrogen-bond acceptors (Lipinski definition) is 8.